The number of benzene rings is 2. The predicted octanol–water partition coefficient (Wildman–Crippen LogP) is 3.80. The van der Waals surface area contributed by atoms with Gasteiger partial charge in [0.1, 0.15) is 6.23 Å². The summed E-state index contributed by atoms with van der Waals surface area (Å²) >= 11 is 0. The van der Waals surface area contributed by atoms with E-state index in [9.17, 15) is 0 Å². The summed E-state index contributed by atoms with van der Waals surface area (Å²) in [7, 11) is 1.77. The van der Waals surface area contributed by atoms with Gasteiger partial charge in [0, 0.05) is 20.2 Å². The van der Waals surface area contributed by atoms with Gasteiger partial charge in [-0.25, -0.2) is 0 Å². The molecule has 0 amide bonds. The summed E-state index contributed by atoms with van der Waals surface area (Å²) in [5.41, 5.74) is 2.64. The Balaban J connectivity index is 0.000000229. The summed E-state index contributed by atoms with van der Waals surface area (Å²) in [6.45, 7) is 8.26. The van der Waals surface area contributed by atoms with Crippen molar-refractivity contribution in [1.29, 1.82) is 0 Å². The predicted molar refractivity (Wildman–Crippen MR) is 96.0 cm³/mol. The van der Waals surface area contributed by atoms with Crippen molar-refractivity contribution in [3.8, 4) is 0 Å². The molecule has 1 fully saturated rings. The molecule has 1 aliphatic heterocycles. The Labute approximate surface area is 140 Å². The van der Waals surface area contributed by atoms with Gasteiger partial charge < -0.3 is 4.74 Å². The summed E-state index contributed by atoms with van der Waals surface area (Å²) < 4.78 is 5.50. The molecule has 3 nitrogen and oxygen atoms in total. The molecule has 3 rings (SSSR count). The summed E-state index contributed by atoms with van der Waals surface area (Å²) in [6.07, 6.45) is 0.162. The van der Waals surface area contributed by atoms with Crippen molar-refractivity contribution < 1.29 is 4.74 Å². The highest BCUT2D eigenvalue weighted by molar-refractivity contribution is 5.15. The third kappa shape index (κ3) is 5.17. The van der Waals surface area contributed by atoms with Crippen molar-refractivity contribution in [1.82, 2.24) is 10.2 Å². The minimum atomic E-state index is -0.00345. The second kappa shape index (κ2) is 8.25. The molecule has 1 heterocycles. The second-order valence-corrected chi connectivity index (χ2v) is 6.40. The molecule has 124 valence electrons. The number of ether oxygens (including phenoxy) is 1. The third-order valence-corrected chi connectivity index (χ3v) is 4.18. The van der Waals surface area contributed by atoms with Gasteiger partial charge in [0.05, 0.1) is 5.66 Å². The summed E-state index contributed by atoms with van der Waals surface area (Å²) in [4.78, 5) is 2.35. The van der Waals surface area contributed by atoms with Crippen LogP contribution < -0.4 is 5.32 Å². The zero-order chi connectivity index (χ0) is 16.7. The molecule has 0 spiro atoms. The van der Waals surface area contributed by atoms with Crippen LogP contribution in [0.2, 0.25) is 0 Å². The maximum Gasteiger partial charge on any atom is 0.124 e. The van der Waals surface area contributed by atoms with Crippen molar-refractivity contribution in [2.75, 3.05) is 13.7 Å². The van der Waals surface area contributed by atoms with E-state index in [0.29, 0.717) is 0 Å². The van der Waals surface area contributed by atoms with Crippen LogP contribution in [0.4, 0.5) is 0 Å². The molecule has 2 aromatic rings. The molecule has 0 saturated carbocycles. The maximum atomic E-state index is 5.50. The minimum Gasteiger partial charge on any atom is -0.365 e. The molecule has 0 bridgehead atoms. The van der Waals surface area contributed by atoms with Gasteiger partial charge >= 0.3 is 0 Å². The lowest BCUT2D eigenvalue weighted by Gasteiger charge is -2.34. The van der Waals surface area contributed by atoms with Crippen LogP contribution in [-0.2, 0) is 11.3 Å². The molecule has 1 N–H and O–H groups in total. The normalized spacial score (nSPS) is 19.9. The van der Waals surface area contributed by atoms with E-state index < -0.39 is 0 Å². The highest BCUT2D eigenvalue weighted by Gasteiger charge is 2.38. The zero-order valence-electron chi connectivity index (χ0n) is 14.6. The van der Waals surface area contributed by atoms with Crippen molar-refractivity contribution in [3.05, 3.63) is 71.8 Å². The van der Waals surface area contributed by atoms with E-state index in [-0.39, 0.29) is 11.9 Å². The molecule has 2 aromatic carbocycles. The smallest absolute Gasteiger partial charge is 0.124 e. The van der Waals surface area contributed by atoms with E-state index in [1.807, 2.05) is 24.3 Å². The fourth-order valence-corrected chi connectivity index (χ4v) is 2.73. The number of hydrogen-bond acceptors (Lipinski definition) is 3. The van der Waals surface area contributed by atoms with E-state index in [4.69, 9.17) is 4.74 Å². The Morgan fingerprint density at radius 2 is 1.61 bits per heavy atom. The van der Waals surface area contributed by atoms with Crippen molar-refractivity contribution >= 4 is 0 Å². The molecule has 1 aliphatic rings. The quantitative estimate of drug-likeness (QED) is 0.933. The summed E-state index contributed by atoms with van der Waals surface area (Å²) in [5, 5.41) is 3.47. The van der Waals surface area contributed by atoms with Crippen LogP contribution in [0.15, 0.2) is 60.7 Å². The average Bonchev–Trinajstić information content (AvgIpc) is 2.84. The number of nitrogens with one attached hydrogen (secondary N) is 1. The Morgan fingerprint density at radius 1 is 1.04 bits per heavy atom. The monoisotopic (exact) mass is 312 g/mol. The molecule has 1 unspecified atom stereocenters. The lowest BCUT2D eigenvalue weighted by atomic mass is 10.1. The molecule has 0 aliphatic carbocycles. The van der Waals surface area contributed by atoms with E-state index in [1.165, 1.54) is 11.1 Å². The number of nitrogens with zero attached hydrogens (tertiary/aromatic N) is 1. The first-order chi connectivity index (χ1) is 11.0. The van der Waals surface area contributed by atoms with Crippen LogP contribution in [0.25, 0.3) is 0 Å². The average molecular weight is 312 g/mol. The van der Waals surface area contributed by atoms with E-state index in [2.05, 4.69) is 67.4 Å². The molecule has 1 saturated heterocycles. The lowest BCUT2D eigenvalue weighted by Crippen LogP contribution is -2.47. The second-order valence-electron chi connectivity index (χ2n) is 6.40. The molecule has 0 radical (unpaired) electrons. The zero-order valence-corrected chi connectivity index (χ0v) is 14.6. The first kappa shape index (κ1) is 17.7. The van der Waals surface area contributed by atoms with Crippen LogP contribution in [0.5, 0.6) is 0 Å². The standard InChI is InChI=1S/C13H20N2O.C7H8/c1-13(2)14-9-12(16-3)15(13)10-11-7-5-4-6-8-11;1-7-5-3-2-4-6-7/h4-8,12,14H,9-10H2,1-3H3;2-6H,1H3. The SMILES string of the molecule is COC1CNC(C)(C)N1Cc1ccccc1.Cc1ccccc1. The van der Waals surface area contributed by atoms with Gasteiger partial charge in [0.15, 0.2) is 0 Å². The van der Waals surface area contributed by atoms with Crippen molar-refractivity contribution in [2.24, 2.45) is 0 Å². The van der Waals surface area contributed by atoms with Gasteiger partial charge in [-0.2, -0.15) is 0 Å². The summed E-state index contributed by atoms with van der Waals surface area (Å²) in [5.74, 6) is 0. The highest BCUT2D eigenvalue weighted by atomic mass is 16.5. The molecular weight excluding hydrogens is 284 g/mol. The largest absolute Gasteiger partial charge is 0.365 e. The number of aryl methyl sites for hydroxylation is 1. The Kier molecular flexibility index (Phi) is 6.34. The first-order valence-corrected chi connectivity index (χ1v) is 8.13. The van der Waals surface area contributed by atoms with Crippen LogP contribution in [0.3, 0.4) is 0 Å². The van der Waals surface area contributed by atoms with Gasteiger partial charge in [0.25, 0.3) is 0 Å². The Hall–Kier alpha value is -1.68. The fraction of sp³-hybridized carbons (Fsp3) is 0.400. The van der Waals surface area contributed by atoms with Crippen molar-refractivity contribution in [2.45, 2.75) is 39.2 Å². The van der Waals surface area contributed by atoms with Crippen molar-refractivity contribution in [3.63, 3.8) is 0 Å². The minimum absolute atomic E-state index is 0.00345. The van der Waals surface area contributed by atoms with Gasteiger partial charge in [-0.05, 0) is 26.3 Å². The molecule has 3 heteroatoms. The van der Waals surface area contributed by atoms with Gasteiger partial charge in [-0.1, -0.05) is 66.2 Å². The van der Waals surface area contributed by atoms with Gasteiger partial charge in [0.2, 0.25) is 0 Å². The molecular formula is C20H28N2O. The number of rotatable bonds is 3. The van der Waals surface area contributed by atoms with E-state index >= 15 is 0 Å². The number of hydrogen-bond donors (Lipinski definition) is 1. The number of methoxy groups -OCH3 is 1. The Morgan fingerprint density at radius 3 is 2.09 bits per heavy atom. The van der Waals surface area contributed by atoms with Crippen LogP contribution in [0.1, 0.15) is 25.0 Å². The van der Waals surface area contributed by atoms with E-state index in [1.54, 1.807) is 7.11 Å². The molecule has 23 heavy (non-hydrogen) atoms. The molecule has 0 aromatic heterocycles. The van der Waals surface area contributed by atoms with Gasteiger partial charge in [-0.3, -0.25) is 10.2 Å². The topological polar surface area (TPSA) is 24.5 Å². The third-order valence-electron chi connectivity index (χ3n) is 4.18. The summed E-state index contributed by atoms with van der Waals surface area (Å²) in [6, 6.07) is 20.8. The van der Waals surface area contributed by atoms with Crippen LogP contribution in [0, 0.1) is 6.92 Å². The van der Waals surface area contributed by atoms with Crippen LogP contribution >= 0.6 is 0 Å². The lowest BCUT2D eigenvalue weighted by molar-refractivity contribution is -0.0404. The van der Waals surface area contributed by atoms with E-state index in [0.717, 1.165) is 13.1 Å². The molecule has 1 atom stereocenters. The van der Waals surface area contributed by atoms with Crippen LogP contribution in [-0.4, -0.2) is 30.4 Å². The van der Waals surface area contributed by atoms with Gasteiger partial charge in [-0.15, -0.1) is 0 Å². The highest BCUT2D eigenvalue weighted by Crippen LogP contribution is 2.24. The Bertz CT molecular complexity index is 569. The fourth-order valence-electron chi connectivity index (χ4n) is 2.73. The maximum absolute atomic E-state index is 5.50. The first-order valence-electron chi connectivity index (χ1n) is 8.13.